The summed E-state index contributed by atoms with van der Waals surface area (Å²) in [4.78, 5) is 11.3. The summed E-state index contributed by atoms with van der Waals surface area (Å²) < 4.78 is 10.0. The third-order valence-corrected chi connectivity index (χ3v) is 4.03. The van der Waals surface area contributed by atoms with Crippen LogP contribution < -0.4 is 5.32 Å². The van der Waals surface area contributed by atoms with Gasteiger partial charge in [0.1, 0.15) is 12.0 Å². The summed E-state index contributed by atoms with van der Waals surface area (Å²) in [7, 11) is 1.37. The number of esters is 1. The Labute approximate surface area is 114 Å². The van der Waals surface area contributed by atoms with E-state index in [-0.39, 0.29) is 5.97 Å². The molecule has 0 amide bonds. The number of nitrogens with one attached hydrogen (secondary N) is 1. The molecule has 0 bridgehead atoms. The van der Waals surface area contributed by atoms with Gasteiger partial charge in [0.25, 0.3) is 0 Å². The molecule has 19 heavy (non-hydrogen) atoms. The summed E-state index contributed by atoms with van der Waals surface area (Å²) in [5.41, 5.74) is 0.476. The molecule has 1 atom stereocenters. The number of furan rings is 1. The number of hydrogen-bond donors (Lipinski definition) is 1. The average Bonchev–Trinajstić information content (AvgIpc) is 2.93. The van der Waals surface area contributed by atoms with Crippen molar-refractivity contribution in [3.05, 3.63) is 23.7 Å². The lowest BCUT2D eigenvalue weighted by Crippen LogP contribution is -2.34. The molecule has 0 saturated heterocycles. The molecule has 1 aliphatic rings. The molecule has 1 N–H and O–H groups in total. The molecule has 1 saturated carbocycles. The van der Waals surface area contributed by atoms with Gasteiger partial charge in [-0.1, -0.05) is 19.3 Å². The molecular weight excluding hydrogens is 242 g/mol. The third-order valence-electron chi connectivity index (χ3n) is 4.03. The van der Waals surface area contributed by atoms with E-state index < -0.39 is 0 Å². The first kappa shape index (κ1) is 14.1. The van der Waals surface area contributed by atoms with E-state index in [1.165, 1.54) is 45.5 Å². The maximum Gasteiger partial charge on any atom is 0.341 e. The highest BCUT2D eigenvalue weighted by Crippen LogP contribution is 2.26. The van der Waals surface area contributed by atoms with Crippen molar-refractivity contribution < 1.29 is 13.9 Å². The van der Waals surface area contributed by atoms with Crippen LogP contribution in [0.4, 0.5) is 0 Å². The molecule has 106 valence electrons. The molecule has 2 rings (SSSR count). The summed E-state index contributed by atoms with van der Waals surface area (Å²) in [6, 6.07) is 2.24. The molecule has 1 aliphatic carbocycles. The summed E-state index contributed by atoms with van der Waals surface area (Å²) >= 11 is 0. The Morgan fingerprint density at radius 3 is 2.89 bits per heavy atom. The first-order valence-corrected chi connectivity index (χ1v) is 7.10. The second kappa shape index (κ2) is 6.75. The molecule has 0 aliphatic heterocycles. The number of hydrogen-bond acceptors (Lipinski definition) is 4. The maximum absolute atomic E-state index is 11.3. The van der Waals surface area contributed by atoms with E-state index in [0.717, 1.165) is 11.7 Å². The normalized spacial score (nSPS) is 18.2. The fourth-order valence-electron chi connectivity index (χ4n) is 2.76. The molecule has 4 nitrogen and oxygen atoms in total. The van der Waals surface area contributed by atoms with Crippen molar-refractivity contribution in [3.63, 3.8) is 0 Å². The number of carbonyl (C=O) groups is 1. The van der Waals surface area contributed by atoms with Crippen LogP contribution in [0.15, 0.2) is 16.7 Å². The first-order valence-electron chi connectivity index (χ1n) is 7.10. The predicted octanol–water partition coefficient (Wildman–Crippen LogP) is 3.12. The number of methoxy groups -OCH3 is 1. The van der Waals surface area contributed by atoms with Crippen LogP contribution in [0.3, 0.4) is 0 Å². The second-order valence-corrected chi connectivity index (χ2v) is 5.36. The van der Waals surface area contributed by atoms with Gasteiger partial charge in [0.05, 0.1) is 19.2 Å². The van der Waals surface area contributed by atoms with Crippen LogP contribution >= 0.6 is 0 Å². The minimum Gasteiger partial charge on any atom is -0.467 e. The van der Waals surface area contributed by atoms with Crippen LogP contribution in [-0.2, 0) is 11.3 Å². The highest BCUT2D eigenvalue weighted by atomic mass is 16.5. The van der Waals surface area contributed by atoms with E-state index in [9.17, 15) is 4.79 Å². The topological polar surface area (TPSA) is 51.5 Å². The van der Waals surface area contributed by atoms with Crippen molar-refractivity contribution in [1.29, 1.82) is 0 Å². The van der Waals surface area contributed by atoms with Gasteiger partial charge in [-0.3, -0.25) is 0 Å². The molecule has 0 radical (unpaired) electrons. The van der Waals surface area contributed by atoms with Crippen LogP contribution in [0.25, 0.3) is 0 Å². The molecule has 4 heteroatoms. The average molecular weight is 265 g/mol. The lowest BCUT2D eigenvalue weighted by atomic mass is 9.84. The Bertz CT molecular complexity index is 407. The number of rotatable bonds is 5. The van der Waals surface area contributed by atoms with Crippen molar-refractivity contribution in [2.45, 2.75) is 51.6 Å². The van der Waals surface area contributed by atoms with Gasteiger partial charge in [0.2, 0.25) is 0 Å². The highest BCUT2D eigenvalue weighted by molar-refractivity contribution is 5.88. The molecular formula is C15H23NO3. The molecule has 1 unspecified atom stereocenters. The van der Waals surface area contributed by atoms with E-state index in [2.05, 4.69) is 17.0 Å². The fourth-order valence-corrected chi connectivity index (χ4v) is 2.76. The second-order valence-electron chi connectivity index (χ2n) is 5.36. The SMILES string of the molecule is COC(=O)c1coc(CNC(C)C2CCCCC2)c1. The summed E-state index contributed by atoms with van der Waals surface area (Å²) in [5, 5.41) is 3.49. The van der Waals surface area contributed by atoms with Crippen LogP contribution in [0.2, 0.25) is 0 Å². The Morgan fingerprint density at radius 2 is 2.21 bits per heavy atom. The van der Waals surface area contributed by atoms with Gasteiger partial charge < -0.3 is 14.5 Å². The Balaban J connectivity index is 1.81. The molecule has 0 aromatic carbocycles. The van der Waals surface area contributed by atoms with Gasteiger partial charge in [-0.2, -0.15) is 0 Å². The minimum absolute atomic E-state index is 0.352. The summed E-state index contributed by atoms with van der Waals surface area (Å²) in [6.45, 7) is 2.90. The van der Waals surface area contributed by atoms with Gasteiger partial charge in [-0.25, -0.2) is 4.79 Å². The van der Waals surface area contributed by atoms with E-state index in [1.807, 2.05) is 0 Å². The lowest BCUT2D eigenvalue weighted by molar-refractivity contribution is 0.0600. The zero-order valence-corrected chi connectivity index (χ0v) is 11.8. The van der Waals surface area contributed by atoms with Gasteiger partial charge in [-0.05, 0) is 31.7 Å². The largest absolute Gasteiger partial charge is 0.467 e. The Hall–Kier alpha value is -1.29. The summed E-state index contributed by atoms with van der Waals surface area (Å²) in [5.74, 6) is 1.20. The van der Waals surface area contributed by atoms with Crippen molar-refractivity contribution in [2.24, 2.45) is 5.92 Å². The zero-order valence-electron chi connectivity index (χ0n) is 11.8. The number of ether oxygens (including phenoxy) is 1. The van der Waals surface area contributed by atoms with E-state index in [1.54, 1.807) is 6.07 Å². The van der Waals surface area contributed by atoms with Crippen molar-refractivity contribution in [2.75, 3.05) is 7.11 Å². The smallest absolute Gasteiger partial charge is 0.341 e. The van der Waals surface area contributed by atoms with E-state index in [4.69, 9.17) is 4.42 Å². The van der Waals surface area contributed by atoms with Crippen molar-refractivity contribution in [1.82, 2.24) is 5.32 Å². The highest BCUT2D eigenvalue weighted by Gasteiger charge is 2.20. The minimum atomic E-state index is -0.352. The van der Waals surface area contributed by atoms with Crippen molar-refractivity contribution in [3.8, 4) is 0 Å². The molecule has 1 aromatic rings. The van der Waals surface area contributed by atoms with Gasteiger partial charge in [0, 0.05) is 6.04 Å². The molecule has 1 heterocycles. The van der Waals surface area contributed by atoms with Gasteiger partial charge >= 0.3 is 5.97 Å². The third kappa shape index (κ3) is 3.83. The predicted molar refractivity (Wildman–Crippen MR) is 72.9 cm³/mol. The van der Waals surface area contributed by atoms with Gasteiger partial charge in [0.15, 0.2) is 0 Å². The quantitative estimate of drug-likeness (QED) is 0.831. The zero-order chi connectivity index (χ0) is 13.7. The Morgan fingerprint density at radius 1 is 1.47 bits per heavy atom. The standard InChI is InChI=1S/C15H23NO3/c1-11(12-6-4-3-5-7-12)16-9-14-8-13(10-19-14)15(17)18-2/h8,10-12,16H,3-7,9H2,1-2H3. The van der Waals surface area contributed by atoms with Gasteiger partial charge in [-0.15, -0.1) is 0 Å². The lowest BCUT2D eigenvalue weighted by Gasteiger charge is -2.28. The Kier molecular flexibility index (Phi) is 5.02. The van der Waals surface area contributed by atoms with Crippen molar-refractivity contribution >= 4 is 5.97 Å². The molecule has 1 fully saturated rings. The monoisotopic (exact) mass is 265 g/mol. The fraction of sp³-hybridized carbons (Fsp3) is 0.667. The first-order chi connectivity index (χ1) is 9.20. The molecule has 1 aromatic heterocycles. The van der Waals surface area contributed by atoms with Crippen LogP contribution in [0.1, 0.15) is 55.1 Å². The van der Waals surface area contributed by atoms with Crippen LogP contribution in [-0.4, -0.2) is 19.1 Å². The van der Waals surface area contributed by atoms with Crippen LogP contribution in [0.5, 0.6) is 0 Å². The van der Waals surface area contributed by atoms with E-state index in [0.29, 0.717) is 18.2 Å². The molecule has 0 spiro atoms. The maximum atomic E-state index is 11.3. The van der Waals surface area contributed by atoms with Crippen LogP contribution in [0, 0.1) is 5.92 Å². The summed E-state index contributed by atoms with van der Waals surface area (Å²) in [6.07, 6.45) is 8.17. The number of carbonyl (C=O) groups excluding carboxylic acids is 1. The van der Waals surface area contributed by atoms with E-state index >= 15 is 0 Å².